The third kappa shape index (κ3) is 1.38. The summed E-state index contributed by atoms with van der Waals surface area (Å²) in [6, 6.07) is 0. The van der Waals surface area contributed by atoms with Crippen molar-refractivity contribution in [2.24, 2.45) is 4.99 Å². The average Bonchev–Trinajstić information content (AvgIpc) is 1.88. The van der Waals surface area contributed by atoms with E-state index < -0.39 is 0 Å². The Kier molecular flexibility index (Phi) is 1.63. The monoisotopic (exact) mass is 125 g/mol. The van der Waals surface area contributed by atoms with E-state index >= 15 is 0 Å². The van der Waals surface area contributed by atoms with Gasteiger partial charge in [0.25, 0.3) is 5.91 Å². The number of carbonyl (C=O) groups excluding carboxylic acids is 1. The molecule has 0 aromatic rings. The lowest BCUT2D eigenvalue weighted by Gasteiger charge is -2.03. The lowest BCUT2D eigenvalue weighted by Crippen LogP contribution is -2.02. The Morgan fingerprint density at radius 3 is 3.00 bits per heavy atom. The van der Waals surface area contributed by atoms with E-state index in [-0.39, 0.29) is 5.91 Å². The van der Waals surface area contributed by atoms with Gasteiger partial charge in [-0.15, -0.1) is 0 Å². The zero-order chi connectivity index (χ0) is 6.69. The van der Waals surface area contributed by atoms with Crippen LogP contribution in [0.4, 0.5) is 0 Å². The Labute approximate surface area is 53.0 Å². The molecule has 0 aromatic carbocycles. The van der Waals surface area contributed by atoms with Crippen LogP contribution in [-0.4, -0.2) is 19.2 Å². The summed E-state index contributed by atoms with van der Waals surface area (Å²) in [6.07, 6.45) is 3.43. The van der Waals surface area contributed by atoms with Crippen LogP contribution in [0.25, 0.3) is 0 Å². The predicted molar refractivity (Wildman–Crippen MR) is 33.2 cm³/mol. The van der Waals surface area contributed by atoms with E-state index in [4.69, 9.17) is 4.74 Å². The van der Waals surface area contributed by atoms with Gasteiger partial charge in [0.2, 0.25) is 0 Å². The topological polar surface area (TPSA) is 38.7 Å². The van der Waals surface area contributed by atoms with E-state index in [2.05, 4.69) is 4.99 Å². The van der Waals surface area contributed by atoms with Crippen molar-refractivity contribution in [3.05, 3.63) is 11.8 Å². The van der Waals surface area contributed by atoms with E-state index in [9.17, 15) is 4.79 Å². The molecule has 1 rings (SSSR count). The summed E-state index contributed by atoms with van der Waals surface area (Å²) in [5, 5.41) is 0. The molecule has 0 saturated carbocycles. The zero-order valence-corrected chi connectivity index (χ0v) is 5.13. The minimum Gasteiger partial charge on any atom is -0.501 e. The molecule has 0 fully saturated rings. The van der Waals surface area contributed by atoms with Gasteiger partial charge in [0.05, 0.1) is 13.5 Å². The van der Waals surface area contributed by atoms with E-state index in [0.29, 0.717) is 12.2 Å². The van der Waals surface area contributed by atoms with Gasteiger partial charge in [-0.05, 0) is 6.08 Å². The first-order valence-electron chi connectivity index (χ1n) is 2.63. The third-order valence-electron chi connectivity index (χ3n) is 1.07. The van der Waals surface area contributed by atoms with E-state index in [1.54, 1.807) is 6.08 Å². The van der Waals surface area contributed by atoms with Crippen LogP contribution >= 0.6 is 0 Å². The summed E-state index contributed by atoms with van der Waals surface area (Å²) in [7, 11) is 1.54. The molecule has 0 bridgehead atoms. The van der Waals surface area contributed by atoms with Crippen LogP contribution in [0.2, 0.25) is 0 Å². The van der Waals surface area contributed by atoms with Crippen LogP contribution in [0.1, 0.15) is 6.42 Å². The summed E-state index contributed by atoms with van der Waals surface area (Å²) in [4.78, 5) is 14.0. The van der Waals surface area contributed by atoms with Crippen molar-refractivity contribution in [3.63, 3.8) is 0 Å². The molecule has 0 saturated heterocycles. The van der Waals surface area contributed by atoms with E-state index in [1.807, 2.05) is 0 Å². The SMILES string of the molecule is COC1=CC=NC(=O)C1. The quantitative estimate of drug-likeness (QED) is 0.512. The summed E-state index contributed by atoms with van der Waals surface area (Å²) >= 11 is 0. The number of dihydropyridines is 1. The summed E-state index contributed by atoms with van der Waals surface area (Å²) in [6.45, 7) is 0. The number of hydrogen-bond donors (Lipinski definition) is 0. The highest BCUT2D eigenvalue weighted by atomic mass is 16.5. The molecule has 0 atom stereocenters. The molecule has 0 aliphatic carbocycles. The van der Waals surface area contributed by atoms with Gasteiger partial charge < -0.3 is 4.74 Å². The second-order valence-corrected chi connectivity index (χ2v) is 1.69. The molecular weight excluding hydrogens is 118 g/mol. The Hall–Kier alpha value is -1.12. The Bertz CT molecular complexity index is 181. The largest absolute Gasteiger partial charge is 0.501 e. The van der Waals surface area contributed by atoms with Crippen LogP contribution in [0, 0.1) is 0 Å². The van der Waals surface area contributed by atoms with Crippen molar-refractivity contribution >= 4 is 12.1 Å². The first-order valence-corrected chi connectivity index (χ1v) is 2.63. The minimum atomic E-state index is -0.144. The van der Waals surface area contributed by atoms with Crippen molar-refractivity contribution in [2.75, 3.05) is 7.11 Å². The molecule has 0 radical (unpaired) electrons. The molecule has 0 aromatic heterocycles. The fourth-order valence-electron chi connectivity index (χ4n) is 0.597. The molecule has 3 nitrogen and oxygen atoms in total. The smallest absolute Gasteiger partial charge is 0.253 e. The van der Waals surface area contributed by atoms with Crippen LogP contribution in [0.3, 0.4) is 0 Å². The Morgan fingerprint density at radius 1 is 1.78 bits per heavy atom. The Morgan fingerprint density at radius 2 is 2.56 bits per heavy atom. The van der Waals surface area contributed by atoms with Gasteiger partial charge in [-0.2, -0.15) is 0 Å². The first kappa shape index (κ1) is 6.01. The van der Waals surface area contributed by atoms with Gasteiger partial charge >= 0.3 is 0 Å². The number of amides is 1. The lowest BCUT2D eigenvalue weighted by molar-refractivity contribution is -0.117. The Balaban J connectivity index is 2.65. The number of ether oxygens (including phenoxy) is 1. The van der Waals surface area contributed by atoms with E-state index in [0.717, 1.165) is 0 Å². The second kappa shape index (κ2) is 2.44. The number of nitrogens with zero attached hydrogens (tertiary/aromatic N) is 1. The minimum absolute atomic E-state index is 0.144. The molecule has 1 amide bonds. The second-order valence-electron chi connectivity index (χ2n) is 1.69. The van der Waals surface area contributed by atoms with E-state index in [1.165, 1.54) is 13.3 Å². The molecule has 1 aliphatic rings. The maximum atomic E-state index is 10.5. The highest BCUT2D eigenvalue weighted by molar-refractivity contribution is 5.93. The number of rotatable bonds is 1. The van der Waals surface area contributed by atoms with Gasteiger partial charge in [-0.1, -0.05) is 0 Å². The first-order chi connectivity index (χ1) is 4.33. The van der Waals surface area contributed by atoms with Crippen LogP contribution < -0.4 is 0 Å². The molecule has 9 heavy (non-hydrogen) atoms. The highest BCUT2D eigenvalue weighted by Gasteiger charge is 2.06. The lowest BCUT2D eigenvalue weighted by atomic mass is 10.3. The number of methoxy groups -OCH3 is 1. The number of carbonyl (C=O) groups is 1. The maximum absolute atomic E-state index is 10.5. The van der Waals surface area contributed by atoms with Crippen molar-refractivity contribution in [3.8, 4) is 0 Å². The highest BCUT2D eigenvalue weighted by Crippen LogP contribution is 2.05. The van der Waals surface area contributed by atoms with Crippen molar-refractivity contribution in [1.82, 2.24) is 0 Å². The normalized spacial score (nSPS) is 17.4. The van der Waals surface area contributed by atoms with Gasteiger partial charge in [0.1, 0.15) is 5.76 Å². The molecule has 48 valence electrons. The zero-order valence-electron chi connectivity index (χ0n) is 5.13. The third-order valence-corrected chi connectivity index (χ3v) is 1.07. The molecule has 0 N–H and O–H groups in total. The van der Waals surface area contributed by atoms with Gasteiger partial charge in [0.15, 0.2) is 0 Å². The number of aliphatic imine (C=N–C) groups is 1. The fourth-order valence-corrected chi connectivity index (χ4v) is 0.597. The fraction of sp³-hybridized carbons (Fsp3) is 0.333. The standard InChI is InChI=1S/C6H7NO2/c1-9-5-2-3-7-6(8)4-5/h2-3H,4H2,1H3. The molecule has 1 heterocycles. The molecule has 0 spiro atoms. The van der Waals surface area contributed by atoms with Crippen LogP contribution in [0.5, 0.6) is 0 Å². The predicted octanol–water partition coefficient (Wildman–Crippen LogP) is 0.518. The molecule has 0 unspecified atom stereocenters. The van der Waals surface area contributed by atoms with Gasteiger partial charge in [0, 0.05) is 6.21 Å². The number of allylic oxidation sites excluding steroid dienone is 1. The van der Waals surface area contributed by atoms with Crippen LogP contribution in [-0.2, 0) is 9.53 Å². The summed E-state index contributed by atoms with van der Waals surface area (Å²) in [5.74, 6) is 0.532. The molecular formula is C6H7NO2. The maximum Gasteiger partial charge on any atom is 0.253 e. The van der Waals surface area contributed by atoms with Crippen molar-refractivity contribution in [2.45, 2.75) is 6.42 Å². The van der Waals surface area contributed by atoms with Gasteiger partial charge in [-0.25, -0.2) is 4.99 Å². The molecule has 1 aliphatic heterocycles. The summed E-state index contributed by atoms with van der Waals surface area (Å²) in [5.41, 5.74) is 0. The van der Waals surface area contributed by atoms with Crippen LogP contribution in [0.15, 0.2) is 16.8 Å². The number of hydrogen-bond acceptors (Lipinski definition) is 2. The summed E-state index contributed by atoms with van der Waals surface area (Å²) < 4.78 is 4.81. The van der Waals surface area contributed by atoms with Crippen molar-refractivity contribution in [1.29, 1.82) is 0 Å². The average molecular weight is 125 g/mol. The van der Waals surface area contributed by atoms with Gasteiger partial charge in [-0.3, -0.25) is 4.79 Å². The van der Waals surface area contributed by atoms with Crippen molar-refractivity contribution < 1.29 is 9.53 Å². The molecule has 3 heteroatoms.